The normalized spacial score (nSPS) is 18.8. The lowest BCUT2D eigenvalue weighted by Gasteiger charge is -2.34. The van der Waals surface area contributed by atoms with E-state index in [0.717, 1.165) is 28.2 Å². The van der Waals surface area contributed by atoms with Gasteiger partial charge in [-0.15, -0.1) is 0 Å². The molecule has 1 saturated heterocycles. The molecule has 1 fully saturated rings. The minimum atomic E-state index is -0.362. The summed E-state index contributed by atoms with van der Waals surface area (Å²) in [5.74, 6) is -0.188. The summed E-state index contributed by atoms with van der Waals surface area (Å²) in [5.41, 5.74) is 0.585. The molecule has 1 aromatic carbocycles. The third-order valence-electron chi connectivity index (χ3n) is 3.42. The Bertz CT molecular complexity index is 514. The van der Waals surface area contributed by atoms with Crippen LogP contribution in [0.1, 0.15) is 29.6 Å². The molecule has 0 radical (unpaired) electrons. The van der Waals surface area contributed by atoms with Crippen molar-refractivity contribution in [3.8, 4) is 0 Å². The molecule has 1 N–H and O–H groups in total. The molecular weight excluding hydrogens is 388 g/mol. The van der Waals surface area contributed by atoms with Crippen molar-refractivity contribution in [3.05, 3.63) is 32.7 Å². The highest BCUT2D eigenvalue weighted by Gasteiger charge is 2.32. The fraction of sp³-hybridized carbons (Fsp3) is 0.429. The Hall–Kier alpha value is -0.880. The molecule has 0 bridgehead atoms. The standard InChI is InChI=1S/C14H16Br2N2O2/c1-17-13(19)12-4-2-3-5-18(12)14(20)9-6-10(15)8-11(16)7-9/h6-8,12H,2-5H2,1H3,(H,17,19). The first-order valence-electron chi connectivity index (χ1n) is 6.51. The van der Waals surface area contributed by atoms with E-state index in [9.17, 15) is 9.59 Å². The molecule has 0 spiro atoms. The van der Waals surface area contributed by atoms with E-state index < -0.39 is 0 Å². The highest BCUT2D eigenvalue weighted by molar-refractivity contribution is 9.11. The number of nitrogens with zero attached hydrogens (tertiary/aromatic N) is 1. The quantitative estimate of drug-likeness (QED) is 0.825. The summed E-state index contributed by atoms with van der Waals surface area (Å²) < 4.78 is 1.67. The maximum absolute atomic E-state index is 12.6. The van der Waals surface area contributed by atoms with Crippen molar-refractivity contribution < 1.29 is 9.59 Å². The number of amides is 2. The van der Waals surface area contributed by atoms with Gasteiger partial charge in [0.25, 0.3) is 5.91 Å². The smallest absolute Gasteiger partial charge is 0.254 e. The molecule has 2 rings (SSSR count). The monoisotopic (exact) mass is 402 g/mol. The number of nitrogens with one attached hydrogen (secondary N) is 1. The second-order valence-corrected chi connectivity index (χ2v) is 6.61. The fourth-order valence-electron chi connectivity index (χ4n) is 2.46. The van der Waals surface area contributed by atoms with E-state index in [-0.39, 0.29) is 17.9 Å². The summed E-state index contributed by atoms with van der Waals surface area (Å²) in [6.45, 7) is 0.626. The maximum Gasteiger partial charge on any atom is 0.254 e. The third kappa shape index (κ3) is 3.41. The molecule has 0 aliphatic carbocycles. The van der Waals surface area contributed by atoms with Crippen LogP contribution in [0.5, 0.6) is 0 Å². The Morgan fingerprint density at radius 2 is 1.85 bits per heavy atom. The summed E-state index contributed by atoms with van der Waals surface area (Å²) in [5, 5.41) is 2.64. The number of hydrogen-bond acceptors (Lipinski definition) is 2. The minimum Gasteiger partial charge on any atom is -0.357 e. The zero-order valence-electron chi connectivity index (χ0n) is 11.2. The van der Waals surface area contributed by atoms with Gasteiger partial charge in [-0.2, -0.15) is 0 Å². The second-order valence-electron chi connectivity index (χ2n) is 4.78. The van der Waals surface area contributed by atoms with Crippen LogP contribution in [0.2, 0.25) is 0 Å². The Kier molecular flexibility index (Phi) is 5.21. The number of carbonyl (C=O) groups excluding carboxylic acids is 2. The van der Waals surface area contributed by atoms with Gasteiger partial charge in [-0.3, -0.25) is 9.59 Å². The minimum absolute atomic E-state index is 0.0906. The molecule has 20 heavy (non-hydrogen) atoms. The fourth-order valence-corrected chi connectivity index (χ4v) is 3.75. The van der Waals surface area contributed by atoms with E-state index in [1.165, 1.54) is 0 Å². The number of halogens is 2. The van der Waals surface area contributed by atoms with Gasteiger partial charge < -0.3 is 10.2 Å². The van der Waals surface area contributed by atoms with Gasteiger partial charge in [0.15, 0.2) is 0 Å². The number of hydrogen-bond donors (Lipinski definition) is 1. The second kappa shape index (κ2) is 6.72. The van der Waals surface area contributed by atoms with Gasteiger partial charge in [-0.1, -0.05) is 31.9 Å². The van der Waals surface area contributed by atoms with Gasteiger partial charge in [0.05, 0.1) is 0 Å². The Morgan fingerprint density at radius 1 is 1.20 bits per heavy atom. The molecule has 6 heteroatoms. The van der Waals surface area contributed by atoms with Gasteiger partial charge in [0.1, 0.15) is 6.04 Å². The van der Waals surface area contributed by atoms with E-state index >= 15 is 0 Å². The highest BCUT2D eigenvalue weighted by Crippen LogP contribution is 2.24. The van der Waals surface area contributed by atoms with Crippen LogP contribution in [0.4, 0.5) is 0 Å². The van der Waals surface area contributed by atoms with Crippen molar-refractivity contribution in [2.45, 2.75) is 25.3 Å². The maximum atomic E-state index is 12.6. The molecule has 1 atom stereocenters. The summed E-state index contributed by atoms with van der Waals surface area (Å²) >= 11 is 6.77. The average Bonchev–Trinajstić information content (AvgIpc) is 2.44. The molecule has 0 saturated carbocycles. The van der Waals surface area contributed by atoms with Crippen molar-refractivity contribution >= 4 is 43.7 Å². The Labute approximate surface area is 135 Å². The predicted molar refractivity (Wildman–Crippen MR) is 84.6 cm³/mol. The lowest BCUT2D eigenvalue weighted by atomic mass is 10.00. The van der Waals surface area contributed by atoms with E-state index in [1.54, 1.807) is 24.1 Å². The summed E-state index contributed by atoms with van der Waals surface area (Å²) in [6.07, 6.45) is 2.64. The van der Waals surface area contributed by atoms with Gasteiger partial charge in [0, 0.05) is 28.1 Å². The Balaban J connectivity index is 2.27. The summed E-state index contributed by atoms with van der Waals surface area (Å²) in [6, 6.07) is 5.08. The van der Waals surface area contributed by atoms with Crippen molar-refractivity contribution in [1.29, 1.82) is 0 Å². The predicted octanol–water partition coefficient (Wildman–Crippen LogP) is 2.95. The van der Waals surface area contributed by atoms with E-state index in [2.05, 4.69) is 37.2 Å². The topological polar surface area (TPSA) is 49.4 Å². The van der Waals surface area contributed by atoms with Crippen LogP contribution in [0.3, 0.4) is 0 Å². The zero-order chi connectivity index (χ0) is 14.7. The highest BCUT2D eigenvalue weighted by atomic mass is 79.9. The van der Waals surface area contributed by atoms with Crippen molar-refractivity contribution in [2.75, 3.05) is 13.6 Å². The number of likely N-dealkylation sites (N-methyl/N-ethyl adjacent to an activating group) is 1. The van der Waals surface area contributed by atoms with Crippen molar-refractivity contribution in [3.63, 3.8) is 0 Å². The number of rotatable bonds is 2. The van der Waals surface area contributed by atoms with Crippen LogP contribution in [0.25, 0.3) is 0 Å². The summed E-state index contributed by atoms with van der Waals surface area (Å²) in [7, 11) is 1.61. The molecule has 1 aromatic rings. The van der Waals surface area contributed by atoms with Gasteiger partial charge in [0.2, 0.25) is 5.91 Å². The van der Waals surface area contributed by atoms with Gasteiger partial charge >= 0.3 is 0 Å². The molecule has 2 amide bonds. The first-order valence-corrected chi connectivity index (χ1v) is 8.10. The van der Waals surface area contributed by atoms with Crippen LogP contribution in [0.15, 0.2) is 27.1 Å². The molecule has 0 aromatic heterocycles. The van der Waals surface area contributed by atoms with Crippen LogP contribution in [0, 0.1) is 0 Å². The first-order chi connectivity index (χ1) is 9.52. The number of likely N-dealkylation sites (tertiary alicyclic amines) is 1. The summed E-state index contributed by atoms with van der Waals surface area (Å²) in [4.78, 5) is 26.2. The zero-order valence-corrected chi connectivity index (χ0v) is 14.3. The van der Waals surface area contributed by atoms with Crippen LogP contribution in [-0.2, 0) is 4.79 Å². The molecule has 4 nitrogen and oxygen atoms in total. The molecule has 108 valence electrons. The van der Waals surface area contributed by atoms with E-state index in [1.807, 2.05) is 6.07 Å². The Morgan fingerprint density at radius 3 is 2.45 bits per heavy atom. The van der Waals surface area contributed by atoms with Crippen molar-refractivity contribution in [1.82, 2.24) is 10.2 Å². The lowest BCUT2D eigenvalue weighted by molar-refractivity contribution is -0.126. The van der Waals surface area contributed by atoms with E-state index in [4.69, 9.17) is 0 Å². The van der Waals surface area contributed by atoms with E-state index in [0.29, 0.717) is 12.1 Å². The molecule has 1 aliphatic rings. The lowest BCUT2D eigenvalue weighted by Crippen LogP contribution is -2.51. The molecule has 1 unspecified atom stereocenters. The third-order valence-corrected chi connectivity index (χ3v) is 4.34. The molecule has 1 heterocycles. The number of piperidine rings is 1. The van der Waals surface area contributed by atoms with Crippen LogP contribution >= 0.6 is 31.9 Å². The number of carbonyl (C=O) groups is 2. The molecule has 1 aliphatic heterocycles. The average molecular weight is 404 g/mol. The van der Waals surface area contributed by atoms with Gasteiger partial charge in [-0.25, -0.2) is 0 Å². The van der Waals surface area contributed by atoms with Crippen molar-refractivity contribution in [2.24, 2.45) is 0 Å². The SMILES string of the molecule is CNC(=O)C1CCCCN1C(=O)c1cc(Br)cc(Br)c1. The van der Waals surface area contributed by atoms with Gasteiger partial charge in [-0.05, 0) is 37.5 Å². The largest absolute Gasteiger partial charge is 0.357 e. The van der Waals surface area contributed by atoms with Crippen LogP contribution in [-0.4, -0.2) is 36.3 Å². The van der Waals surface area contributed by atoms with Crippen LogP contribution < -0.4 is 5.32 Å². The molecular formula is C14H16Br2N2O2. The first kappa shape index (κ1) is 15.5. The number of benzene rings is 1.